The molecule has 15 heavy (non-hydrogen) atoms. The van der Waals surface area contributed by atoms with Crippen molar-refractivity contribution in [1.29, 1.82) is 0 Å². The molecule has 0 spiro atoms. The summed E-state index contributed by atoms with van der Waals surface area (Å²) >= 11 is 1.45. The summed E-state index contributed by atoms with van der Waals surface area (Å²) in [6.45, 7) is 0. The van der Waals surface area contributed by atoms with Crippen molar-refractivity contribution in [2.45, 2.75) is 10.5 Å². The first-order valence-corrected chi connectivity index (χ1v) is 5.30. The van der Waals surface area contributed by atoms with Crippen LogP contribution in [0.25, 0.3) is 0 Å². The maximum absolute atomic E-state index is 13.5. The molecule has 3 rings (SSSR count). The van der Waals surface area contributed by atoms with Crippen LogP contribution in [-0.2, 0) is 0 Å². The molecule has 1 atom stereocenters. The Hall–Kier alpha value is -1.56. The van der Waals surface area contributed by atoms with Gasteiger partial charge in [-0.25, -0.2) is 9.07 Å². The molecule has 0 aliphatic carbocycles. The molecule has 76 valence electrons. The molecule has 1 aromatic heterocycles. The highest BCUT2D eigenvalue weighted by Crippen LogP contribution is 2.38. The van der Waals surface area contributed by atoms with E-state index in [-0.39, 0.29) is 11.2 Å². The van der Waals surface area contributed by atoms with Crippen molar-refractivity contribution >= 4 is 11.8 Å². The summed E-state index contributed by atoms with van der Waals surface area (Å²) in [7, 11) is 0. The summed E-state index contributed by atoms with van der Waals surface area (Å²) in [5, 5.41) is 8.25. The van der Waals surface area contributed by atoms with Crippen LogP contribution in [0, 0.1) is 5.82 Å². The van der Waals surface area contributed by atoms with Gasteiger partial charge in [-0.05, 0) is 6.07 Å². The molecule has 1 aromatic carbocycles. The van der Waals surface area contributed by atoms with E-state index in [0.717, 1.165) is 5.16 Å². The number of halogens is 1. The minimum absolute atomic E-state index is 0.128. The van der Waals surface area contributed by atoms with Crippen molar-refractivity contribution < 1.29 is 4.39 Å². The van der Waals surface area contributed by atoms with E-state index in [1.54, 1.807) is 23.1 Å². The molecule has 6 heteroatoms. The predicted molar refractivity (Wildman–Crippen MR) is 54.4 cm³/mol. The van der Waals surface area contributed by atoms with Gasteiger partial charge in [-0.15, -0.1) is 10.2 Å². The number of hydrogen-bond donors (Lipinski definition) is 1. The first kappa shape index (κ1) is 8.72. The summed E-state index contributed by atoms with van der Waals surface area (Å²) in [4.78, 5) is 0. The second-order valence-electron chi connectivity index (χ2n) is 3.13. The lowest BCUT2D eigenvalue weighted by Gasteiger charge is -2.10. The molecule has 0 amide bonds. The van der Waals surface area contributed by atoms with Crippen LogP contribution < -0.4 is 5.43 Å². The summed E-state index contributed by atoms with van der Waals surface area (Å²) in [5.74, 6) is -0.207. The molecule has 0 saturated heterocycles. The number of nitrogens with one attached hydrogen (secondary N) is 1. The SMILES string of the molecule is Fc1ccccc1C1Nn2cnnc2S1. The Labute approximate surface area is 89.5 Å². The lowest BCUT2D eigenvalue weighted by atomic mass is 10.2. The Morgan fingerprint density at radius 2 is 2.27 bits per heavy atom. The minimum atomic E-state index is -0.207. The van der Waals surface area contributed by atoms with E-state index in [1.165, 1.54) is 17.8 Å². The van der Waals surface area contributed by atoms with Crippen LogP contribution >= 0.6 is 11.8 Å². The molecule has 2 heterocycles. The standard InChI is InChI=1S/C9H7FN4S/c10-7-4-2-1-3-6(7)8-13-14-5-11-12-9(14)15-8/h1-5,8,13H. The predicted octanol–water partition coefficient (Wildman–Crippen LogP) is 1.77. The third-order valence-electron chi connectivity index (χ3n) is 2.18. The molecule has 0 radical (unpaired) electrons. The number of thioether (sulfide) groups is 1. The normalized spacial score (nSPS) is 18.6. The fraction of sp³-hybridized carbons (Fsp3) is 0.111. The van der Waals surface area contributed by atoms with Gasteiger partial charge in [0.2, 0.25) is 5.16 Å². The second kappa shape index (κ2) is 3.23. The second-order valence-corrected chi connectivity index (χ2v) is 4.20. The molecule has 1 aliphatic heterocycles. The summed E-state index contributed by atoms with van der Waals surface area (Å²) in [6, 6.07) is 6.72. The smallest absolute Gasteiger partial charge is 0.212 e. The number of nitrogens with zero attached hydrogens (tertiary/aromatic N) is 3. The van der Waals surface area contributed by atoms with Crippen LogP contribution in [0.15, 0.2) is 35.7 Å². The molecule has 2 aromatic rings. The molecular formula is C9H7FN4S. The maximum Gasteiger partial charge on any atom is 0.212 e. The van der Waals surface area contributed by atoms with Gasteiger partial charge in [-0.2, -0.15) is 0 Å². The molecule has 1 aliphatic rings. The monoisotopic (exact) mass is 222 g/mol. The number of benzene rings is 1. The third kappa shape index (κ3) is 1.37. The Bertz CT molecular complexity index is 478. The molecular weight excluding hydrogens is 215 g/mol. The molecule has 1 unspecified atom stereocenters. The lowest BCUT2D eigenvalue weighted by molar-refractivity contribution is 0.608. The summed E-state index contributed by atoms with van der Waals surface area (Å²) in [5.41, 5.74) is 3.72. The lowest BCUT2D eigenvalue weighted by Crippen LogP contribution is -2.12. The minimum Gasteiger partial charge on any atom is -0.304 e. The average molecular weight is 222 g/mol. The van der Waals surface area contributed by atoms with Gasteiger partial charge < -0.3 is 5.43 Å². The third-order valence-corrected chi connectivity index (χ3v) is 3.27. The topological polar surface area (TPSA) is 42.7 Å². The highest BCUT2D eigenvalue weighted by molar-refractivity contribution is 7.99. The summed E-state index contributed by atoms with van der Waals surface area (Å²) < 4.78 is 15.2. The van der Waals surface area contributed by atoms with Crippen molar-refractivity contribution in [2.75, 3.05) is 5.43 Å². The Balaban J connectivity index is 1.93. The molecule has 0 fully saturated rings. The van der Waals surface area contributed by atoms with Gasteiger partial charge in [-0.1, -0.05) is 30.0 Å². The van der Waals surface area contributed by atoms with E-state index in [2.05, 4.69) is 15.6 Å². The van der Waals surface area contributed by atoms with Crippen molar-refractivity contribution in [3.8, 4) is 0 Å². The van der Waals surface area contributed by atoms with Crippen molar-refractivity contribution in [1.82, 2.24) is 14.9 Å². The van der Waals surface area contributed by atoms with Crippen LogP contribution in [0.2, 0.25) is 0 Å². The van der Waals surface area contributed by atoms with E-state index in [0.29, 0.717) is 5.56 Å². The zero-order valence-corrected chi connectivity index (χ0v) is 8.41. The average Bonchev–Trinajstić information content (AvgIpc) is 2.77. The fourth-order valence-electron chi connectivity index (χ4n) is 1.47. The van der Waals surface area contributed by atoms with Crippen LogP contribution in [0.5, 0.6) is 0 Å². The highest BCUT2D eigenvalue weighted by atomic mass is 32.2. The first-order valence-electron chi connectivity index (χ1n) is 4.42. The number of fused-ring (bicyclic) bond motifs is 1. The van der Waals surface area contributed by atoms with Crippen LogP contribution in [-0.4, -0.2) is 14.9 Å². The quantitative estimate of drug-likeness (QED) is 0.798. The van der Waals surface area contributed by atoms with Crippen molar-refractivity contribution in [3.05, 3.63) is 42.0 Å². The van der Waals surface area contributed by atoms with Crippen LogP contribution in [0.1, 0.15) is 10.9 Å². The Kier molecular flexibility index (Phi) is 1.88. The Morgan fingerprint density at radius 1 is 1.40 bits per heavy atom. The van der Waals surface area contributed by atoms with Gasteiger partial charge in [0.1, 0.15) is 17.5 Å². The van der Waals surface area contributed by atoms with Crippen molar-refractivity contribution in [3.63, 3.8) is 0 Å². The van der Waals surface area contributed by atoms with Gasteiger partial charge >= 0.3 is 0 Å². The van der Waals surface area contributed by atoms with Gasteiger partial charge in [0.05, 0.1) is 0 Å². The van der Waals surface area contributed by atoms with E-state index in [1.807, 2.05) is 6.07 Å². The zero-order valence-electron chi connectivity index (χ0n) is 7.59. The van der Waals surface area contributed by atoms with E-state index >= 15 is 0 Å². The largest absolute Gasteiger partial charge is 0.304 e. The fourth-order valence-corrected chi connectivity index (χ4v) is 2.48. The summed E-state index contributed by atoms with van der Waals surface area (Å²) in [6.07, 6.45) is 1.57. The molecule has 0 bridgehead atoms. The maximum atomic E-state index is 13.5. The van der Waals surface area contributed by atoms with Gasteiger partial charge in [0.15, 0.2) is 0 Å². The first-order chi connectivity index (χ1) is 7.34. The van der Waals surface area contributed by atoms with Gasteiger partial charge in [-0.3, -0.25) is 0 Å². The molecule has 4 nitrogen and oxygen atoms in total. The zero-order chi connectivity index (χ0) is 10.3. The number of rotatable bonds is 1. The molecule has 1 N–H and O–H groups in total. The van der Waals surface area contributed by atoms with E-state index < -0.39 is 0 Å². The van der Waals surface area contributed by atoms with Gasteiger partial charge in [0, 0.05) is 5.56 Å². The van der Waals surface area contributed by atoms with Crippen molar-refractivity contribution in [2.24, 2.45) is 0 Å². The highest BCUT2D eigenvalue weighted by Gasteiger charge is 2.26. The molecule has 0 saturated carbocycles. The van der Waals surface area contributed by atoms with Gasteiger partial charge in [0.25, 0.3) is 0 Å². The number of aromatic nitrogens is 3. The van der Waals surface area contributed by atoms with E-state index in [4.69, 9.17) is 0 Å². The van der Waals surface area contributed by atoms with Crippen LogP contribution in [0.3, 0.4) is 0 Å². The van der Waals surface area contributed by atoms with E-state index in [9.17, 15) is 4.39 Å². The van der Waals surface area contributed by atoms with Crippen LogP contribution in [0.4, 0.5) is 4.39 Å². The Morgan fingerprint density at radius 3 is 3.07 bits per heavy atom. The number of hydrogen-bond acceptors (Lipinski definition) is 4.